The lowest BCUT2D eigenvalue weighted by atomic mass is 10.1. The zero-order valence-corrected chi connectivity index (χ0v) is 10.3. The summed E-state index contributed by atoms with van der Waals surface area (Å²) < 4.78 is 5.55. The van der Waals surface area contributed by atoms with Crippen molar-refractivity contribution in [3.63, 3.8) is 0 Å². The van der Waals surface area contributed by atoms with Crippen molar-refractivity contribution < 1.29 is 4.42 Å². The molecule has 0 radical (unpaired) electrons. The number of para-hydroxylation sites is 1. The molecule has 0 spiro atoms. The van der Waals surface area contributed by atoms with Gasteiger partial charge < -0.3 is 9.73 Å². The van der Waals surface area contributed by atoms with Gasteiger partial charge in [-0.2, -0.15) is 0 Å². The van der Waals surface area contributed by atoms with E-state index in [2.05, 4.69) is 16.3 Å². The predicted octanol–water partition coefficient (Wildman–Crippen LogP) is 2.49. The molecule has 17 heavy (non-hydrogen) atoms. The molecular formula is C13H15ClN2O. The first-order chi connectivity index (χ1) is 8.34. The quantitative estimate of drug-likeness (QED) is 0.888. The van der Waals surface area contributed by atoms with E-state index in [9.17, 15) is 0 Å². The molecule has 1 aliphatic rings. The Bertz CT molecular complexity index is 517. The molecule has 90 valence electrons. The number of piperazine rings is 1. The van der Waals surface area contributed by atoms with E-state index in [1.807, 2.05) is 18.4 Å². The molecular weight excluding hydrogens is 236 g/mol. The summed E-state index contributed by atoms with van der Waals surface area (Å²) in [5, 5.41) is 5.18. The van der Waals surface area contributed by atoms with Gasteiger partial charge in [0.05, 0.1) is 11.3 Å². The second-order valence-electron chi connectivity index (χ2n) is 4.40. The van der Waals surface area contributed by atoms with Gasteiger partial charge in [0.2, 0.25) is 0 Å². The maximum absolute atomic E-state index is 6.10. The van der Waals surface area contributed by atoms with Crippen LogP contribution in [0, 0.1) is 0 Å². The number of rotatable bonds is 2. The lowest BCUT2D eigenvalue weighted by Crippen LogP contribution is -2.42. The fourth-order valence-electron chi connectivity index (χ4n) is 2.31. The van der Waals surface area contributed by atoms with Gasteiger partial charge in [0.25, 0.3) is 0 Å². The third kappa shape index (κ3) is 2.18. The average Bonchev–Trinajstić information content (AvgIpc) is 2.76. The van der Waals surface area contributed by atoms with Crippen molar-refractivity contribution >= 4 is 22.6 Å². The van der Waals surface area contributed by atoms with E-state index in [0.717, 1.165) is 43.7 Å². The van der Waals surface area contributed by atoms with Crippen LogP contribution in [0.5, 0.6) is 0 Å². The molecule has 1 saturated heterocycles. The van der Waals surface area contributed by atoms with Crippen molar-refractivity contribution in [2.75, 3.05) is 26.2 Å². The first-order valence-corrected chi connectivity index (χ1v) is 6.30. The van der Waals surface area contributed by atoms with E-state index in [1.165, 1.54) is 5.56 Å². The maximum Gasteiger partial charge on any atom is 0.152 e. The van der Waals surface area contributed by atoms with Crippen LogP contribution >= 0.6 is 11.6 Å². The van der Waals surface area contributed by atoms with Crippen LogP contribution in [0.25, 0.3) is 11.0 Å². The van der Waals surface area contributed by atoms with Crippen molar-refractivity contribution in [1.82, 2.24) is 10.2 Å². The first-order valence-electron chi connectivity index (χ1n) is 5.92. The number of nitrogens with zero attached hydrogens (tertiary/aromatic N) is 1. The van der Waals surface area contributed by atoms with Crippen LogP contribution in [0.1, 0.15) is 5.56 Å². The molecule has 3 rings (SSSR count). The van der Waals surface area contributed by atoms with E-state index in [1.54, 1.807) is 0 Å². The SMILES string of the molecule is Clc1cccc2c(CN3CCNCC3)coc12. The number of benzene rings is 1. The van der Waals surface area contributed by atoms with Crippen LogP contribution in [0.3, 0.4) is 0 Å². The van der Waals surface area contributed by atoms with Crippen molar-refractivity contribution in [3.8, 4) is 0 Å². The van der Waals surface area contributed by atoms with Crippen molar-refractivity contribution in [3.05, 3.63) is 35.0 Å². The van der Waals surface area contributed by atoms with Crippen molar-refractivity contribution in [1.29, 1.82) is 0 Å². The number of halogens is 1. The van der Waals surface area contributed by atoms with Crippen LogP contribution in [0.2, 0.25) is 5.02 Å². The Labute approximate surface area is 105 Å². The highest BCUT2D eigenvalue weighted by Gasteiger charge is 2.14. The average molecular weight is 251 g/mol. The van der Waals surface area contributed by atoms with Gasteiger partial charge in [-0.1, -0.05) is 23.7 Å². The fraction of sp³-hybridized carbons (Fsp3) is 0.385. The number of hydrogen-bond donors (Lipinski definition) is 1. The molecule has 1 aliphatic heterocycles. The van der Waals surface area contributed by atoms with Gasteiger partial charge in [0.15, 0.2) is 5.58 Å². The standard InChI is InChI=1S/C13H15ClN2O/c14-12-3-1-2-11-10(9-17-13(11)12)8-16-6-4-15-5-7-16/h1-3,9,15H,4-8H2. The molecule has 1 aromatic carbocycles. The molecule has 1 aromatic heterocycles. The van der Waals surface area contributed by atoms with Crippen molar-refractivity contribution in [2.45, 2.75) is 6.54 Å². The molecule has 0 saturated carbocycles. The highest BCUT2D eigenvalue weighted by atomic mass is 35.5. The third-order valence-electron chi connectivity index (χ3n) is 3.24. The summed E-state index contributed by atoms with van der Waals surface area (Å²) in [6, 6.07) is 5.91. The minimum absolute atomic E-state index is 0.689. The molecule has 4 heteroatoms. The summed E-state index contributed by atoms with van der Waals surface area (Å²) in [6.45, 7) is 5.25. The summed E-state index contributed by atoms with van der Waals surface area (Å²) >= 11 is 6.10. The molecule has 0 amide bonds. The molecule has 0 aliphatic carbocycles. The lowest BCUT2D eigenvalue weighted by molar-refractivity contribution is 0.233. The second-order valence-corrected chi connectivity index (χ2v) is 4.81. The number of fused-ring (bicyclic) bond motifs is 1. The van der Waals surface area contributed by atoms with E-state index < -0.39 is 0 Å². The minimum atomic E-state index is 0.689. The first kappa shape index (κ1) is 11.1. The molecule has 1 fully saturated rings. The Morgan fingerprint density at radius 1 is 1.29 bits per heavy atom. The van der Waals surface area contributed by atoms with Gasteiger partial charge >= 0.3 is 0 Å². The van der Waals surface area contributed by atoms with E-state index in [4.69, 9.17) is 16.0 Å². The molecule has 1 N–H and O–H groups in total. The summed E-state index contributed by atoms with van der Waals surface area (Å²) in [5.41, 5.74) is 2.03. The summed E-state index contributed by atoms with van der Waals surface area (Å²) in [5.74, 6) is 0. The van der Waals surface area contributed by atoms with Gasteiger partial charge in [-0.3, -0.25) is 4.90 Å². The molecule has 0 unspecified atom stereocenters. The van der Waals surface area contributed by atoms with Gasteiger partial charge in [0, 0.05) is 43.7 Å². The number of hydrogen-bond acceptors (Lipinski definition) is 3. The molecule has 0 atom stereocenters. The number of nitrogens with one attached hydrogen (secondary N) is 1. The lowest BCUT2D eigenvalue weighted by Gasteiger charge is -2.26. The highest BCUT2D eigenvalue weighted by Crippen LogP contribution is 2.28. The van der Waals surface area contributed by atoms with Crippen LogP contribution in [-0.2, 0) is 6.54 Å². The van der Waals surface area contributed by atoms with Crippen LogP contribution in [-0.4, -0.2) is 31.1 Å². The topological polar surface area (TPSA) is 28.4 Å². The Morgan fingerprint density at radius 2 is 2.12 bits per heavy atom. The minimum Gasteiger partial charge on any atom is -0.462 e. The highest BCUT2D eigenvalue weighted by molar-refractivity contribution is 6.34. The second kappa shape index (κ2) is 4.69. The predicted molar refractivity (Wildman–Crippen MR) is 69.4 cm³/mol. The van der Waals surface area contributed by atoms with E-state index >= 15 is 0 Å². The monoisotopic (exact) mass is 250 g/mol. The van der Waals surface area contributed by atoms with E-state index in [-0.39, 0.29) is 0 Å². The Morgan fingerprint density at radius 3 is 2.94 bits per heavy atom. The summed E-state index contributed by atoms with van der Waals surface area (Å²) in [4.78, 5) is 2.43. The fourth-order valence-corrected chi connectivity index (χ4v) is 2.53. The Balaban J connectivity index is 1.87. The smallest absolute Gasteiger partial charge is 0.152 e. The normalized spacial score (nSPS) is 17.7. The van der Waals surface area contributed by atoms with Crippen LogP contribution in [0.15, 0.2) is 28.9 Å². The molecule has 0 bridgehead atoms. The Hall–Kier alpha value is -1.03. The van der Waals surface area contributed by atoms with Gasteiger partial charge in [-0.05, 0) is 6.07 Å². The van der Waals surface area contributed by atoms with Crippen molar-refractivity contribution in [2.24, 2.45) is 0 Å². The molecule has 2 aromatic rings. The van der Waals surface area contributed by atoms with Crippen LogP contribution < -0.4 is 5.32 Å². The zero-order valence-electron chi connectivity index (χ0n) is 9.58. The number of furan rings is 1. The van der Waals surface area contributed by atoms with E-state index in [0.29, 0.717) is 5.02 Å². The largest absolute Gasteiger partial charge is 0.462 e. The van der Waals surface area contributed by atoms with Gasteiger partial charge in [-0.25, -0.2) is 0 Å². The zero-order chi connectivity index (χ0) is 11.7. The van der Waals surface area contributed by atoms with Gasteiger partial charge in [-0.15, -0.1) is 0 Å². The summed E-state index contributed by atoms with van der Waals surface area (Å²) in [6.07, 6.45) is 1.83. The van der Waals surface area contributed by atoms with Crippen LogP contribution in [0.4, 0.5) is 0 Å². The maximum atomic E-state index is 6.10. The third-order valence-corrected chi connectivity index (χ3v) is 3.53. The molecule has 2 heterocycles. The Kier molecular flexibility index (Phi) is 3.05. The summed E-state index contributed by atoms with van der Waals surface area (Å²) in [7, 11) is 0. The van der Waals surface area contributed by atoms with Gasteiger partial charge in [0.1, 0.15) is 0 Å². The molecule has 3 nitrogen and oxygen atoms in total.